The third-order valence-corrected chi connectivity index (χ3v) is 7.17. The van der Waals surface area contributed by atoms with E-state index < -0.39 is 24.3 Å². The Morgan fingerprint density at radius 2 is 1.56 bits per heavy atom. The summed E-state index contributed by atoms with van der Waals surface area (Å²) in [7, 11) is 4.20. The number of anilines is 3. The van der Waals surface area contributed by atoms with E-state index in [1.807, 2.05) is 25.1 Å². The van der Waals surface area contributed by atoms with Gasteiger partial charge in [-0.25, -0.2) is 18.7 Å². The van der Waals surface area contributed by atoms with E-state index in [1.54, 1.807) is 14.0 Å². The molecule has 2 atom stereocenters. The van der Waals surface area contributed by atoms with Crippen molar-refractivity contribution in [2.75, 3.05) is 44.6 Å². The van der Waals surface area contributed by atoms with Crippen molar-refractivity contribution < 1.29 is 32.8 Å². The molecule has 41 heavy (non-hydrogen) atoms. The van der Waals surface area contributed by atoms with Gasteiger partial charge in [0.25, 0.3) is 0 Å². The van der Waals surface area contributed by atoms with E-state index in [0.717, 1.165) is 49.1 Å². The van der Waals surface area contributed by atoms with E-state index in [2.05, 4.69) is 25.5 Å². The fourth-order valence-electron chi connectivity index (χ4n) is 4.62. The Balaban J connectivity index is 1.36. The highest BCUT2D eigenvalue weighted by Gasteiger charge is 2.24. The van der Waals surface area contributed by atoms with Crippen LogP contribution in [-0.4, -0.2) is 67.7 Å². The highest BCUT2D eigenvalue weighted by atomic mass is 19.1. The lowest BCUT2D eigenvalue weighted by molar-refractivity contribution is 0.142. The lowest BCUT2D eigenvalue weighted by atomic mass is 10.0. The number of piperidine rings is 1. The zero-order chi connectivity index (χ0) is 29.5. The highest BCUT2D eigenvalue weighted by Crippen LogP contribution is 2.34. The van der Waals surface area contributed by atoms with Crippen LogP contribution in [0.15, 0.2) is 36.7 Å². The first-order chi connectivity index (χ1) is 19.7. The molecule has 1 aromatic heterocycles. The summed E-state index contributed by atoms with van der Waals surface area (Å²) in [6, 6.07) is 7.36. The lowest BCUT2D eigenvalue weighted by Gasteiger charge is -2.36. The van der Waals surface area contributed by atoms with Gasteiger partial charge in [-0.3, -0.25) is 0 Å². The lowest BCUT2D eigenvalue weighted by Crippen LogP contribution is -2.48. The van der Waals surface area contributed by atoms with Crippen molar-refractivity contribution in [3.8, 4) is 23.0 Å². The molecule has 2 aromatic carbocycles. The van der Waals surface area contributed by atoms with Gasteiger partial charge < -0.3 is 39.6 Å². The largest absolute Gasteiger partial charge is 0.495 e. The van der Waals surface area contributed by atoms with E-state index in [0.29, 0.717) is 12.0 Å². The first-order valence-electron chi connectivity index (χ1n) is 13.4. The molecular formula is C29H37F2N5O5. The molecule has 0 amide bonds. The van der Waals surface area contributed by atoms with Gasteiger partial charge in [0, 0.05) is 43.0 Å². The summed E-state index contributed by atoms with van der Waals surface area (Å²) in [6.45, 7) is 5.13. The molecule has 0 aliphatic carbocycles. The van der Waals surface area contributed by atoms with Crippen LogP contribution in [0.2, 0.25) is 0 Å². The second kappa shape index (κ2) is 13.6. The number of rotatable bonds is 12. The van der Waals surface area contributed by atoms with Gasteiger partial charge in [0.2, 0.25) is 5.95 Å². The molecule has 4 rings (SSSR count). The predicted molar refractivity (Wildman–Crippen MR) is 152 cm³/mol. The number of hydrogen-bond acceptors (Lipinski definition) is 10. The zero-order valence-corrected chi connectivity index (χ0v) is 23.9. The minimum atomic E-state index is -0.866. The molecular weight excluding hydrogens is 536 g/mol. The number of halogens is 2. The standard InChI is InChI=1S/C29H37F2N5O5/c1-17(18(2)37)34-19-8-10-36(11-9-19)23-7-6-20(12-24(23)38-3)35-29-32-14-21(15-33-29)41-16-22-27(30)25(39-4)13-26(40-5)28(22)31/h6-7,12-15,17-19,34,37H,8-11,16H2,1-5H3,(H,32,33,35)/t17-,18?/m0/s1. The Morgan fingerprint density at radius 1 is 0.951 bits per heavy atom. The summed E-state index contributed by atoms with van der Waals surface area (Å²) in [5.41, 5.74) is 1.40. The van der Waals surface area contributed by atoms with Crippen molar-refractivity contribution in [1.82, 2.24) is 15.3 Å². The van der Waals surface area contributed by atoms with Crippen LogP contribution >= 0.6 is 0 Å². The summed E-state index contributed by atoms with van der Waals surface area (Å²) in [4.78, 5) is 10.8. The van der Waals surface area contributed by atoms with E-state index in [-0.39, 0.29) is 28.9 Å². The van der Waals surface area contributed by atoms with Crippen LogP contribution in [0.3, 0.4) is 0 Å². The Bertz CT molecular complexity index is 1280. The second-order valence-corrected chi connectivity index (χ2v) is 9.89. The average molecular weight is 574 g/mol. The number of benzene rings is 2. The molecule has 0 saturated carbocycles. The van der Waals surface area contributed by atoms with Crippen LogP contribution in [0.5, 0.6) is 23.0 Å². The third kappa shape index (κ3) is 7.25. The van der Waals surface area contributed by atoms with Crippen molar-refractivity contribution in [2.45, 2.75) is 51.5 Å². The van der Waals surface area contributed by atoms with Gasteiger partial charge in [-0.2, -0.15) is 0 Å². The Hall–Kier alpha value is -3.90. The summed E-state index contributed by atoms with van der Waals surface area (Å²) in [6.07, 6.45) is 4.36. The minimum absolute atomic E-state index is 0.0531. The van der Waals surface area contributed by atoms with Crippen molar-refractivity contribution >= 4 is 17.3 Å². The molecule has 0 radical (unpaired) electrons. The second-order valence-electron chi connectivity index (χ2n) is 9.89. The fraction of sp³-hybridized carbons (Fsp3) is 0.448. The van der Waals surface area contributed by atoms with Crippen molar-refractivity contribution in [3.63, 3.8) is 0 Å². The highest BCUT2D eigenvalue weighted by molar-refractivity contribution is 5.67. The molecule has 3 aromatic rings. The molecule has 0 bridgehead atoms. The normalized spacial score (nSPS) is 15.3. The quantitative estimate of drug-likeness (QED) is 0.288. The maximum Gasteiger partial charge on any atom is 0.227 e. The van der Waals surface area contributed by atoms with Gasteiger partial charge in [-0.05, 0) is 38.8 Å². The monoisotopic (exact) mass is 573 g/mol. The fourth-order valence-corrected chi connectivity index (χ4v) is 4.62. The number of aromatic nitrogens is 2. The minimum Gasteiger partial charge on any atom is -0.495 e. The first-order valence-corrected chi connectivity index (χ1v) is 13.4. The van der Waals surface area contributed by atoms with Crippen LogP contribution in [0.1, 0.15) is 32.3 Å². The van der Waals surface area contributed by atoms with Crippen molar-refractivity contribution in [3.05, 3.63) is 53.9 Å². The first kappa shape index (κ1) is 30.1. The van der Waals surface area contributed by atoms with Crippen LogP contribution in [0.25, 0.3) is 0 Å². The number of aliphatic hydroxyl groups excluding tert-OH is 1. The molecule has 222 valence electrons. The van der Waals surface area contributed by atoms with Gasteiger partial charge in [-0.15, -0.1) is 0 Å². The Morgan fingerprint density at radius 3 is 2.12 bits per heavy atom. The smallest absolute Gasteiger partial charge is 0.227 e. The SMILES string of the molecule is COc1cc(Nc2ncc(OCc3c(F)c(OC)cc(OC)c3F)cn2)ccc1N1CCC(N[C@@H](C)C(C)O)CC1. The van der Waals surface area contributed by atoms with Gasteiger partial charge >= 0.3 is 0 Å². The maximum absolute atomic E-state index is 14.6. The molecule has 1 aliphatic heterocycles. The Kier molecular flexibility index (Phi) is 10.0. The number of aliphatic hydroxyl groups is 1. The molecule has 12 heteroatoms. The zero-order valence-electron chi connectivity index (χ0n) is 23.9. The number of nitrogens with zero attached hydrogens (tertiary/aromatic N) is 3. The summed E-state index contributed by atoms with van der Waals surface area (Å²) in [5, 5.41) is 16.4. The predicted octanol–water partition coefficient (Wildman–Crippen LogP) is 4.43. The number of hydrogen-bond donors (Lipinski definition) is 3. The van der Waals surface area contributed by atoms with Crippen LogP contribution < -0.4 is 34.5 Å². The molecule has 1 fully saturated rings. The molecule has 0 spiro atoms. The number of ether oxygens (including phenoxy) is 4. The number of nitrogens with one attached hydrogen (secondary N) is 2. The number of methoxy groups -OCH3 is 3. The van der Waals surface area contributed by atoms with Crippen LogP contribution in [0.4, 0.5) is 26.1 Å². The van der Waals surface area contributed by atoms with E-state index in [9.17, 15) is 13.9 Å². The van der Waals surface area contributed by atoms with E-state index in [4.69, 9.17) is 18.9 Å². The van der Waals surface area contributed by atoms with Gasteiger partial charge in [-0.1, -0.05) is 0 Å². The molecule has 10 nitrogen and oxygen atoms in total. The van der Waals surface area contributed by atoms with Crippen LogP contribution in [0, 0.1) is 11.6 Å². The van der Waals surface area contributed by atoms with Gasteiger partial charge in [0.1, 0.15) is 12.4 Å². The Labute approximate surface area is 238 Å². The summed E-state index contributed by atoms with van der Waals surface area (Å²) < 4.78 is 50.3. The molecule has 1 saturated heterocycles. The summed E-state index contributed by atoms with van der Waals surface area (Å²) >= 11 is 0. The van der Waals surface area contributed by atoms with E-state index in [1.165, 1.54) is 26.6 Å². The average Bonchev–Trinajstić information content (AvgIpc) is 2.98. The topological polar surface area (TPSA) is 110 Å². The van der Waals surface area contributed by atoms with Crippen LogP contribution in [-0.2, 0) is 6.61 Å². The molecule has 1 unspecified atom stereocenters. The molecule has 1 aliphatic rings. The van der Waals surface area contributed by atoms with Gasteiger partial charge in [0.15, 0.2) is 28.9 Å². The van der Waals surface area contributed by atoms with Gasteiger partial charge in [0.05, 0.1) is 51.1 Å². The molecule has 3 N–H and O–H groups in total. The summed E-state index contributed by atoms with van der Waals surface area (Å²) in [5.74, 6) is -0.775. The maximum atomic E-state index is 14.6. The molecule has 2 heterocycles. The van der Waals surface area contributed by atoms with E-state index >= 15 is 0 Å². The van der Waals surface area contributed by atoms with Crippen molar-refractivity contribution in [1.29, 1.82) is 0 Å². The van der Waals surface area contributed by atoms with Crippen molar-refractivity contribution in [2.24, 2.45) is 0 Å². The third-order valence-electron chi connectivity index (χ3n) is 7.17.